The van der Waals surface area contributed by atoms with E-state index in [-0.39, 0.29) is 23.8 Å². The van der Waals surface area contributed by atoms with Crippen molar-refractivity contribution >= 4 is 17.5 Å². The number of anilines is 1. The zero-order valence-electron chi connectivity index (χ0n) is 8.60. The normalized spacial score (nSPS) is 10.0. The second kappa shape index (κ2) is 3.99. The van der Waals surface area contributed by atoms with Gasteiger partial charge < -0.3 is 16.4 Å². The number of primary amides is 1. The van der Waals surface area contributed by atoms with Crippen LogP contribution in [0.4, 0.5) is 5.69 Å². The number of hydrogen-bond donors (Lipinski definition) is 2. The van der Waals surface area contributed by atoms with Crippen LogP contribution in [0.3, 0.4) is 0 Å². The van der Waals surface area contributed by atoms with Crippen molar-refractivity contribution in [2.75, 3.05) is 19.8 Å². The molecule has 0 fully saturated rings. The van der Waals surface area contributed by atoms with Crippen LogP contribution in [0.15, 0.2) is 6.20 Å². The molecule has 0 saturated heterocycles. The van der Waals surface area contributed by atoms with E-state index in [0.717, 1.165) is 0 Å². The summed E-state index contributed by atoms with van der Waals surface area (Å²) >= 11 is 0. The molecule has 4 N–H and O–H groups in total. The average molecular weight is 211 g/mol. The quantitative estimate of drug-likeness (QED) is 0.644. The van der Waals surface area contributed by atoms with Gasteiger partial charge in [0.05, 0.1) is 5.69 Å². The fraction of sp³-hybridized carbons (Fsp3) is 0.375. The van der Waals surface area contributed by atoms with E-state index in [1.54, 1.807) is 14.1 Å². The Bertz CT molecular complexity index is 396. The van der Waals surface area contributed by atoms with Gasteiger partial charge in [0.2, 0.25) is 5.91 Å². The van der Waals surface area contributed by atoms with E-state index in [1.807, 2.05) is 0 Å². The number of rotatable bonds is 3. The molecule has 0 spiro atoms. The molecule has 7 heteroatoms. The number of amides is 2. The van der Waals surface area contributed by atoms with Crippen molar-refractivity contribution < 1.29 is 9.59 Å². The molecule has 0 atom stereocenters. The van der Waals surface area contributed by atoms with Gasteiger partial charge >= 0.3 is 0 Å². The Morgan fingerprint density at radius 2 is 2.13 bits per heavy atom. The Kier molecular flexibility index (Phi) is 2.93. The Hall–Kier alpha value is -2.05. The summed E-state index contributed by atoms with van der Waals surface area (Å²) in [7, 11) is 3.26. The van der Waals surface area contributed by atoms with Gasteiger partial charge in [0, 0.05) is 20.3 Å². The molecule has 1 rings (SSSR count). The molecule has 0 aliphatic rings. The molecule has 0 radical (unpaired) electrons. The third-order valence-corrected chi connectivity index (χ3v) is 1.82. The smallest absolute Gasteiger partial charge is 0.271 e. The maximum atomic E-state index is 11.3. The third kappa shape index (κ3) is 2.46. The van der Waals surface area contributed by atoms with Crippen molar-refractivity contribution in [3.05, 3.63) is 11.9 Å². The van der Waals surface area contributed by atoms with Gasteiger partial charge in [-0.25, -0.2) is 0 Å². The number of nitrogens with zero attached hydrogens (tertiary/aromatic N) is 3. The second-order valence-electron chi connectivity index (χ2n) is 3.28. The van der Waals surface area contributed by atoms with Crippen molar-refractivity contribution in [3.63, 3.8) is 0 Å². The van der Waals surface area contributed by atoms with Crippen LogP contribution in [0.5, 0.6) is 0 Å². The van der Waals surface area contributed by atoms with Crippen LogP contribution in [0.2, 0.25) is 0 Å². The molecular weight excluding hydrogens is 198 g/mol. The van der Waals surface area contributed by atoms with Gasteiger partial charge in [-0.1, -0.05) is 0 Å². The van der Waals surface area contributed by atoms with Crippen molar-refractivity contribution in [1.82, 2.24) is 14.7 Å². The number of hydrogen-bond acceptors (Lipinski definition) is 4. The highest BCUT2D eigenvalue weighted by molar-refractivity contribution is 5.95. The minimum absolute atomic E-state index is 0.0124. The van der Waals surface area contributed by atoms with E-state index < -0.39 is 5.91 Å². The van der Waals surface area contributed by atoms with Crippen LogP contribution in [-0.2, 0) is 11.3 Å². The van der Waals surface area contributed by atoms with Crippen molar-refractivity contribution in [2.24, 2.45) is 5.73 Å². The number of likely N-dealkylation sites (N-methyl/N-ethyl adjacent to an activating group) is 1. The highest BCUT2D eigenvalue weighted by atomic mass is 16.2. The fourth-order valence-corrected chi connectivity index (χ4v) is 0.989. The summed E-state index contributed by atoms with van der Waals surface area (Å²) in [5.74, 6) is -0.850. The first-order chi connectivity index (χ1) is 6.91. The van der Waals surface area contributed by atoms with Crippen molar-refractivity contribution in [2.45, 2.75) is 6.54 Å². The van der Waals surface area contributed by atoms with Crippen LogP contribution in [0, 0.1) is 0 Å². The Balaban J connectivity index is 2.84. The van der Waals surface area contributed by atoms with E-state index in [4.69, 9.17) is 11.5 Å². The molecule has 2 amide bonds. The molecule has 7 nitrogen and oxygen atoms in total. The molecule has 1 aromatic heterocycles. The van der Waals surface area contributed by atoms with E-state index >= 15 is 0 Å². The van der Waals surface area contributed by atoms with Crippen molar-refractivity contribution in [3.8, 4) is 0 Å². The van der Waals surface area contributed by atoms with Crippen LogP contribution in [0.25, 0.3) is 0 Å². The predicted molar refractivity (Wildman–Crippen MR) is 53.9 cm³/mol. The first kappa shape index (κ1) is 11.0. The summed E-state index contributed by atoms with van der Waals surface area (Å²) in [5, 5.41) is 3.80. The highest BCUT2D eigenvalue weighted by Gasteiger charge is 2.13. The average Bonchev–Trinajstić information content (AvgIpc) is 2.46. The molecule has 15 heavy (non-hydrogen) atoms. The van der Waals surface area contributed by atoms with Crippen LogP contribution < -0.4 is 11.5 Å². The molecule has 1 aromatic rings. The minimum atomic E-state index is -0.705. The Labute approximate surface area is 86.6 Å². The highest BCUT2D eigenvalue weighted by Crippen LogP contribution is 2.07. The van der Waals surface area contributed by atoms with Crippen molar-refractivity contribution in [1.29, 1.82) is 0 Å². The summed E-state index contributed by atoms with van der Waals surface area (Å²) in [4.78, 5) is 23.6. The molecule has 0 unspecified atom stereocenters. The number of nitrogen functional groups attached to an aromatic ring is 1. The van der Waals surface area contributed by atoms with Gasteiger partial charge in [-0.3, -0.25) is 14.3 Å². The fourth-order valence-electron chi connectivity index (χ4n) is 0.989. The maximum Gasteiger partial charge on any atom is 0.271 e. The molecule has 0 aliphatic carbocycles. The lowest BCUT2D eigenvalue weighted by molar-refractivity contribution is -0.129. The van der Waals surface area contributed by atoms with Gasteiger partial charge in [-0.2, -0.15) is 5.10 Å². The Morgan fingerprint density at radius 3 is 2.53 bits per heavy atom. The molecule has 1 heterocycles. The van der Waals surface area contributed by atoms with Gasteiger partial charge in [-0.05, 0) is 0 Å². The van der Waals surface area contributed by atoms with Gasteiger partial charge in [0.15, 0.2) is 5.69 Å². The predicted octanol–water partition coefficient (Wildman–Crippen LogP) is -1.35. The van der Waals surface area contributed by atoms with E-state index in [2.05, 4.69) is 5.10 Å². The standard InChI is InChI=1S/C8H13N5O2/c1-12(2)6(14)4-13-3-5(9)7(11-13)8(10)15/h3H,4,9H2,1-2H3,(H2,10,15). The van der Waals surface area contributed by atoms with Crippen LogP contribution in [0.1, 0.15) is 10.5 Å². The van der Waals surface area contributed by atoms with Gasteiger partial charge in [0.25, 0.3) is 5.91 Å². The van der Waals surface area contributed by atoms with Crippen LogP contribution in [-0.4, -0.2) is 40.6 Å². The number of carbonyl (C=O) groups excluding carboxylic acids is 2. The topological polar surface area (TPSA) is 107 Å². The number of aromatic nitrogens is 2. The lowest BCUT2D eigenvalue weighted by Gasteiger charge is -2.09. The minimum Gasteiger partial charge on any atom is -0.396 e. The SMILES string of the molecule is CN(C)C(=O)Cn1cc(N)c(C(N)=O)n1. The summed E-state index contributed by atoms with van der Waals surface area (Å²) in [5.41, 5.74) is 10.7. The molecule has 0 aliphatic heterocycles. The second-order valence-corrected chi connectivity index (χ2v) is 3.28. The van der Waals surface area contributed by atoms with E-state index in [0.29, 0.717) is 0 Å². The lowest BCUT2D eigenvalue weighted by atomic mass is 10.4. The number of nitrogens with two attached hydrogens (primary N) is 2. The zero-order valence-corrected chi connectivity index (χ0v) is 8.60. The number of carbonyl (C=O) groups is 2. The van der Waals surface area contributed by atoms with Crippen LogP contribution >= 0.6 is 0 Å². The summed E-state index contributed by atoms with van der Waals surface area (Å²) in [6.45, 7) is 0.0322. The summed E-state index contributed by atoms with van der Waals surface area (Å²) < 4.78 is 1.29. The first-order valence-corrected chi connectivity index (χ1v) is 4.24. The molecule has 0 saturated carbocycles. The van der Waals surface area contributed by atoms with Gasteiger partial charge in [0.1, 0.15) is 6.54 Å². The third-order valence-electron chi connectivity index (χ3n) is 1.82. The largest absolute Gasteiger partial charge is 0.396 e. The maximum absolute atomic E-state index is 11.3. The molecule has 0 aromatic carbocycles. The molecular formula is C8H13N5O2. The van der Waals surface area contributed by atoms with E-state index in [1.165, 1.54) is 15.8 Å². The first-order valence-electron chi connectivity index (χ1n) is 4.24. The monoisotopic (exact) mass is 211 g/mol. The summed E-state index contributed by atoms with van der Waals surface area (Å²) in [6, 6.07) is 0. The summed E-state index contributed by atoms with van der Waals surface area (Å²) in [6.07, 6.45) is 1.40. The lowest BCUT2D eigenvalue weighted by Crippen LogP contribution is -2.26. The molecule has 0 bridgehead atoms. The molecule has 82 valence electrons. The van der Waals surface area contributed by atoms with E-state index in [9.17, 15) is 9.59 Å². The Morgan fingerprint density at radius 1 is 1.53 bits per heavy atom. The van der Waals surface area contributed by atoms with Gasteiger partial charge in [-0.15, -0.1) is 0 Å². The zero-order chi connectivity index (χ0) is 11.6.